The highest BCUT2D eigenvalue weighted by Gasteiger charge is 2.11. The van der Waals surface area contributed by atoms with Gasteiger partial charge in [-0.3, -0.25) is 4.79 Å². The molecule has 0 atom stereocenters. The molecule has 0 unspecified atom stereocenters. The summed E-state index contributed by atoms with van der Waals surface area (Å²) in [5.41, 5.74) is 2.39. The van der Waals surface area contributed by atoms with Crippen LogP contribution in [0.25, 0.3) is 23.1 Å². The van der Waals surface area contributed by atoms with E-state index in [4.69, 9.17) is 9.47 Å². The highest BCUT2D eigenvalue weighted by atomic mass is 16.5. The molecule has 4 rings (SSSR count). The molecule has 0 aliphatic heterocycles. The summed E-state index contributed by atoms with van der Waals surface area (Å²) >= 11 is 0. The quantitative estimate of drug-likeness (QED) is 0.351. The minimum Gasteiger partial charge on any atom is -0.497 e. The van der Waals surface area contributed by atoms with Crippen LogP contribution >= 0.6 is 0 Å². The second-order valence-corrected chi connectivity index (χ2v) is 6.58. The number of hydrogen-bond donors (Lipinski definition) is 1. The van der Waals surface area contributed by atoms with Crippen molar-refractivity contribution in [1.29, 1.82) is 0 Å². The number of nitrogens with zero attached hydrogens (tertiary/aromatic N) is 4. The van der Waals surface area contributed by atoms with Crippen molar-refractivity contribution < 1.29 is 14.3 Å². The van der Waals surface area contributed by atoms with Crippen molar-refractivity contribution in [3.05, 3.63) is 78.4 Å². The SMILES string of the molecule is COc1cccc(-c2nnc3ccc(OCCNC(=O)/C=C/c4ccccc4)nn23)c1. The standard InChI is InChI=1S/C23H21N5O3/c1-30-19-9-5-8-18(16-19)23-26-25-20-11-13-22(27-28(20)23)31-15-14-24-21(29)12-10-17-6-3-2-4-7-17/h2-13,16H,14-15H2,1H3,(H,24,29)/b12-10+. The molecule has 0 radical (unpaired) electrons. The Morgan fingerprint density at radius 2 is 1.94 bits per heavy atom. The van der Waals surface area contributed by atoms with Gasteiger partial charge in [-0.05, 0) is 29.8 Å². The van der Waals surface area contributed by atoms with E-state index in [1.165, 1.54) is 6.08 Å². The zero-order valence-electron chi connectivity index (χ0n) is 16.9. The van der Waals surface area contributed by atoms with Crippen LogP contribution in [0.5, 0.6) is 11.6 Å². The Morgan fingerprint density at radius 3 is 2.77 bits per heavy atom. The van der Waals surface area contributed by atoms with Gasteiger partial charge >= 0.3 is 0 Å². The topological polar surface area (TPSA) is 90.6 Å². The summed E-state index contributed by atoms with van der Waals surface area (Å²) in [6.45, 7) is 0.628. The predicted molar refractivity (Wildman–Crippen MR) is 117 cm³/mol. The molecular weight excluding hydrogens is 394 g/mol. The van der Waals surface area contributed by atoms with Crippen molar-refractivity contribution in [2.24, 2.45) is 0 Å². The third kappa shape index (κ3) is 5.05. The predicted octanol–water partition coefficient (Wildman–Crippen LogP) is 3.01. The molecule has 2 heterocycles. The van der Waals surface area contributed by atoms with Crippen LogP contribution in [-0.2, 0) is 4.79 Å². The number of aromatic nitrogens is 4. The Labute approximate surface area is 179 Å². The molecule has 0 aliphatic rings. The molecule has 0 saturated heterocycles. The Kier molecular flexibility index (Phi) is 6.18. The van der Waals surface area contributed by atoms with E-state index in [1.807, 2.05) is 54.6 Å². The molecule has 8 nitrogen and oxygen atoms in total. The number of methoxy groups -OCH3 is 1. The number of nitrogens with one attached hydrogen (secondary N) is 1. The van der Waals surface area contributed by atoms with E-state index in [9.17, 15) is 4.79 Å². The van der Waals surface area contributed by atoms with Gasteiger partial charge in [-0.2, -0.15) is 4.52 Å². The summed E-state index contributed by atoms with van der Waals surface area (Å²) in [7, 11) is 1.61. The number of hydrogen-bond acceptors (Lipinski definition) is 6. The third-order valence-electron chi connectivity index (χ3n) is 4.44. The van der Waals surface area contributed by atoms with Crippen LogP contribution in [0.15, 0.2) is 72.8 Å². The summed E-state index contributed by atoms with van der Waals surface area (Å²) in [5.74, 6) is 1.53. The second-order valence-electron chi connectivity index (χ2n) is 6.58. The van der Waals surface area contributed by atoms with Gasteiger partial charge in [0.15, 0.2) is 11.5 Å². The van der Waals surface area contributed by atoms with Gasteiger partial charge < -0.3 is 14.8 Å². The van der Waals surface area contributed by atoms with Gasteiger partial charge in [0.1, 0.15) is 12.4 Å². The number of carbonyl (C=O) groups is 1. The molecule has 0 fully saturated rings. The van der Waals surface area contributed by atoms with E-state index in [0.717, 1.165) is 16.9 Å². The summed E-state index contributed by atoms with van der Waals surface area (Å²) in [6.07, 6.45) is 3.26. The van der Waals surface area contributed by atoms with Crippen LogP contribution in [0.2, 0.25) is 0 Å². The van der Waals surface area contributed by atoms with Crippen molar-refractivity contribution in [1.82, 2.24) is 25.1 Å². The first-order valence-corrected chi connectivity index (χ1v) is 9.73. The lowest BCUT2D eigenvalue weighted by molar-refractivity contribution is -0.116. The molecule has 2 aromatic carbocycles. The van der Waals surface area contributed by atoms with Crippen LogP contribution in [0.3, 0.4) is 0 Å². The molecule has 0 bridgehead atoms. The van der Waals surface area contributed by atoms with Crippen molar-refractivity contribution in [3.63, 3.8) is 0 Å². The van der Waals surface area contributed by atoms with E-state index in [0.29, 0.717) is 23.9 Å². The second kappa shape index (κ2) is 9.53. The molecule has 156 valence electrons. The van der Waals surface area contributed by atoms with E-state index < -0.39 is 0 Å². The molecule has 1 amide bonds. The molecule has 0 aliphatic carbocycles. The van der Waals surface area contributed by atoms with Crippen LogP contribution in [-0.4, -0.2) is 46.0 Å². The minimum atomic E-state index is -0.185. The van der Waals surface area contributed by atoms with E-state index in [2.05, 4.69) is 20.6 Å². The van der Waals surface area contributed by atoms with Gasteiger partial charge in [-0.1, -0.05) is 42.5 Å². The maximum Gasteiger partial charge on any atom is 0.244 e. The maximum absolute atomic E-state index is 11.9. The molecule has 1 N–H and O–H groups in total. The first-order valence-electron chi connectivity index (χ1n) is 9.73. The van der Waals surface area contributed by atoms with Crippen LogP contribution in [0.1, 0.15) is 5.56 Å². The number of fused-ring (bicyclic) bond motifs is 1. The molecule has 0 saturated carbocycles. The summed E-state index contributed by atoms with van der Waals surface area (Å²) in [5, 5.41) is 15.6. The molecule has 8 heteroatoms. The van der Waals surface area contributed by atoms with Crippen LogP contribution in [0, 0.1) is 0 Å². The van der Waals surface area contributed by atoms with E-state index >= 15 is 0 Å². The number of benzene rings is 2. The van der Waals surface area contributed by atoms with Gasteiger partial charge in [0.2, 0.25) is 11.8 Å². The van der Waals surface area contributed by atoms with Gasteiger partial charge in [0.25, 0.3) is 0 Å². The third-order valence-corrected chi connectivity index (χ3v) is 4.44. The Balaban J connectivity index is 1.36. The van der Waals surface area contributed by atoms with Gasteiger partial charge in [0, 0.05) is 17.7 Å². The first kappa shape index (κ1) is 20.1. The summed E-state index contributed by atoms with van der Waals surface area (Å²) < 4.78 is 12.6. The molecule has 2 aromatic heterocycles. The van der Waals surface area contributed by atoms with Gasteiger partial charge in [-0.15, -0.1) is 15.3 Å². The number of ether oxygens (including phenoxy) is 2. The minimum absolute atomic E-state index is 0.185. The normalized spacial score (nSPS) is 11.0. The summed E-state index contributed by atoms with van der Waals surface area (Å²) in [4.78, 5) is 11.9. The number of amides is 1. The maximum atomic E-state index is 11.9. The fraction of sp³-hybridized carbons (Fsp3) is 0.130. The van der Waals surface area contributed by atoms with Crippen molar-refractivity contribution in [3.8, 4) is 23.0 Å². The Morgan fingerprint density at radius 1 is 1.06 bits per heavy atom. The zero-order valence-corrected chi connectivity index (χ0v) is 16.9. The Hall–Kier alpha value is -4.20. The highest BCUT2D eigenvalue weighted by molar-refractivity contribution is 5.91. The fourth-order valence-electron chi connectivity index (χ4n) is 2.92. The molecule has 0 spiro atoms. The van der Waals surface area contributed by atoms with E-state index in [1.54, 1.807) is 29.8 Å². The number of rotatable bonds is 8. The highest BCUT2D eigenvalue weighted by Crippen LogP contribution is 2.23. The Bertz CT molecular complexity index is 1200. The largest absolute Gasteiger partial charge is 0.497 e. The molecule has 4 aromatic rings. The zero-order chi connectivity index (χ0) is 21.5. The van der Waals surface area contributed by atoms with Crippen molar-refractivity contribution in [2.45, 2.75) is 0 Å². The van der Waals surface area contributed by atoms with Crippen molar-refractivity contribution in [2.75, 3.05) is 20.3 Å². The van der Waals surface area contributed by atoms with Gasteiger partial charge in [-0.25, -0.2) is 0 Å². The average Bonchev–Trinajstić information content (AvgIpc) is 3.24. The number of carbonyl (C=O) groups excluding carboxylic acids is 1. The fourth-order valence-corrected chi connectivity index (χ4v) is 2.92. The smallest absolute Gasteiger partial charge is 0.244 e. The van der Waals surface area contributed by atoms with Gasteiger partial charge in [0.05, 0.1) is 13.7 Å². The monoisotopic (exact) mass is 415 g/mol. The average molecular weight is 415 g/mol. The molecular formula is C23H21N5O3. The lowest BCUT2D eigenvalue weighted by atomic mass is 10.2. The van der Waals surface area contributed by atoms with Crippen LogP contribution < -0.4 is 14.8 Å². The lowest BCUT2D eigenvalue weighted by Crippen LogP contribution is -2.26. The lowest BCUT2D eigenvalue weighted by Gasteiger charge is -2.07. The van der Waals surface area contributed by atoms with Crippen molar-refractivity contribution >= 4 is 17.6 Å². The first-order chi connectivity index (χ1) is 15.2. The summed E-state index contributed by atoms with van der Waals surface area (Å²) in [6, 6.07) is 20.6. The van der Waals surface area contributed by atoms with E-state index in [-0.39, 0.29) is 12.5 Å². The molecule has 31 heavy (non-hydrogen) atoms. The van der Waals surface area contributed by atoms with Crippen LogP contribution in [0.4, 0.5) is 0 Å².